The van der Waals surface area contributed by atoms with Crippen molar-refractivity contribution >= 4 is 23.2 Å². The first kappa shape index (κ1) is 19.9. The lowest BCUT2D eigenvalue weighted by Gasteiger charge is -2.48. The molecule has 1 aromatic rings. The van der Waals surface area contributed by atoms with Crippen LogP contribution < -0.4 is 16.2 Å². The molecule has 10 heteroatoms. The van der Waals surface area contributed by atoms with Crippen LogP contribution in [0.1, 0.15) is 17.5 Å². The van der Waals surface area contributed by atoms with E-state index in [1.54, 1.807) is 0 Å². The summed E-state index contributed by atoms with van der Waals surface area (Å²) in [4.78, 5) is 37.5. The molecule has 4 rings (SSSR count). The van der Waals surface area contributed by atoms with E-state index in [0.29, 0.717) is 11.3 Å². The Kier molecular flexibility index (Phi) is 4.19. The number of amides is 1. The minimum atomic E-state index is -2.70. The van der Waals surface area contributed by atoms with Gasteiger partial charge in [-0.3, -0.25) is 14.4 Å². The number of hydrogen-bond acceptors (Lipinski definition) is 9. The molecule has 0 radical (unpaired) electrons. The van der Waals surface area contributed by atoms with Crippen molar-refractivity contribution in [3.05, 3.63) is 40.2 Å². The van der Waals surface area contributed by atoms with Gasteiger partial charge in [0.2, 0.25) is 5.78 Å². The zero-order valence-corrected chi connectivity index (χ0v) is 15.9. The number of methoxy groups -OCH3 is 1. The summed E-state index contributed by atoms with van der Waals surface area (Å²) in [6.07, 6.45) is 0.0988. The molecule has 3 aliphatic carbocycles. The Balaban J connectivity index is 1.97. The Morgan fingerprint density at radius 3 is 2.50 bits per heavy atom. The first-order chi connectivity index (χ1) is 14.0. The van der Waals surface area contributed by atoms with E-state index < -0.39 is 58.0 Å². The highest BCUT2D eigenvalue weighted by molar-refractivity contribution is 6.24. The molecule has 0 saturated heterocycles. The molecule has 4 atom stereocenters. The summed E-state index contributed by atoms with van der Waals surface area (Å²) in [5.41, 5.74) is 7.65. The van der Waals surface area contributed by atoms with E-state index in [2.05, 4.69) is 0 Å². The number of Topliss-reactive ketones (excluding diaryl/α,β-unsaturated/α-hetero) is 2. The molecule has 30 heavy (non-hydrogen) atoms. The van der Waals surface area contributed by atoms with Crippen LogP contribution in [0.4, 0.5) is 0 Å². The van der Waals surface area contributed by atoms with Gasteiger partial charge >= 0.3 is 0 Å². The number of carbonyl (C=O) groups is 3. The zero-order valence-electron chi connectivity index (χ0n) is 15.9. The Labute approximate surface area is 170 Å². The number of ether oxygens (including phenoxy) is 1. The monoisotopic (exact) mass is 416 g/mol. The van der Waals surface area contributed by atoms with Crippen LogP contribution in [0.3, 0.4) is 0 Å². The third-order valence-corrected chi connectivity index (χ3v) is 6.31. The van der Waals surface area contributed by atoms with Gasteiger partial charge in [-0.15, -0.1) is 0 Å². The molecule has 8 N–H and O–H groups in total. The van der Waals surface area contributed by atoms with Gasteiger partial charge in [-0.1, -0.05) is 0 Å². The number of primary amides is 1. The second-order valence-corrected chi connectivity index (χ2v) is 7.72. The SMILES string of the molecule is COc1ccc(O)c2c1C[C@H]1C[C@H]3[C@H](N)C(=O)C(C(N)=O)=C(O)[C@@]3(O)C(=O)C1=C2O. The van der Waals surface area contributed by atoms with Crippen LogP contribution in [-0.4, -0.2) is 56.7 Å². The van der Waals surface area contributed by atoms with Gasteiger partial charge in [0.15, 0.2) is 11.4 Å². The molecule has 158 valence electrons. The molecule has 0 aromatic heterocycles. The van der Waals surface area contributed by atoms with Gasteiger partial charge in [-0.2, -0.15) is 0 Å². The van der Waals surface area contributed by atoms with Crippen molar-refractivity contribution in [2.45, 2.75) is 24.5 Å². The van der Waals surface area contributed by atoms with Crippen molar-refractivity contribution in [1.82, 2.24) is 0 Å². The first-order valence-corrected chi connectivity index (χ1v) is 9.18. The fourth-order valence-electron chi connectivity index (χ4n) is 4.88. The molecule has 0 unspecified atom stereocenters. The van der Waals surface area contributed by atoms with E-state index >= 15 is 0 Å². The molecule has 0 aliphatic heterocycles. The van der Waals surface area contributed by atoms with Crippen molar-refractivity contribution in [3.63, 3.8) is 0 Å². The number of nitrogens with two attached hydrogens (primary N) is 2. The van der Waals surface area contributed by atoms with E-state index in [1.165, 1.54) is 19.2 Å². The second kappa shape index (κ2) is 6.31. The molecular weight excluding hydrogens is 396 g/mol. The maximum atomic E-state index is 13.3. The lowest BCUT2D eigenvalue weighted by Crippen LogP contribution is -2.65. The van der Waals surface area contributed by atoms with Gasteiger partial charge in [-0.25, -0.2) is 0 Å². The first-order valence-electron chi connectivity index (χ1n) is 9.18. The molecule has 0 spiro atoms. The molecule has 0 heterocycles. The maximum absolute atomic E-state index is 13.3. The number of ketones is 2. The summed E-state index contributed by atoms with van der Waals surface area (Å²) in [6.45, 7) is 0. The number of phenolic OH excluding ortho intramolecular Hbond substituents is 1. The standard InChI is InChI=1S/C20H20N2O8/c1-30-10-3-2-9(23)12-7(10)4-6-5-8-14(21)16(25)13(19(22)28)18(27)20(8,29)17(26)11(6)15(12)24/h2-3,6,8,14,23-24,27,29H,4-5,21H2,1H3,(H2,22,28)/t6-,8-,14-,20-/m0/s1. The number of aliphatic hydroxyl groups is 3. The van der Waals surface area contributed by atoms with Gasteiger partial charge < -0.3 is 36.6 Å². The number of phenols is 1. The summed E-state index contributed by atoms with van der Waals surface area (Å²) >= 11 is 0. The normalized spacial score (nSPS) is 30.6. The van der Waals surface area contributed by atoms with E-state index in [9.17, 15) is 34.8 Å². The summed E-state index contributed by atoms with van der Waals surface area (Å²) in [6, 6.07) is 1.34. The summed E-state index contributed by atoms with van der Waals surface area (Å²) < 4.78 is 5.29. The van der Waals surface area contributed by atoms with Crippen LogP contribution in [0.25, 0.3) is 5.76 Å². The van der Waals surface area contributed by atoms with Crippen molar-refractivity contribution in [2.24, 2.45) is 23.3 Å². The number of aromatic hydroxyl groups is 1. The largest absolute Gasteiger partial charge is 0.508 e. The average Bonchev–Trinajstić information content (AvgIpc) is 2.68. The number of aliphatic hydroxyl groups excluding tert-OH is 2. The van der Waals surface area contributed by atoms with E-state index in [1.807, 2.05) is 0 Å². The lowest BCUT2D eigenvalue weighted by molar-refractivity contribution is -0.149. The molecule has 1 saturated carbocycles. The van der Waals surface area contributed by atoms with Crippen LogP contribution in [0.2, 0.25) is 0 Å². The quantitative estimate of drug-likeness (QED) is 0.340. The van der Waals surface area contributed by atoms with Gasteiger partial charge in [0.1, 0.15) is 28.6 Å². The summed E-state index contributed by atoms with van der Waals surface area (Å²) in [5, 5.41) is 42.8. The predicted molar refractivity (Wildman–Crippen MR) is 101 cm³/mol. The maximum Gasteiger partial charge on any atom is 0.255 e. The number of carbonyl (C=O) groups excluding carboxylic acids is 3. The van der Waals surface area contributed by atoms with Gasteiger partial charge in [0.05, 0.1) is 18.7 Å². The second-order valence-electron chi connectivity index (χ2n) is 7.72. The van der Waals surface area contributed by atoms with Crippen LogP contribution in [0, 0.1) is 11.8 Å². The van der Waals surface area contributed by atoms with Crippen LogP contribution in [0.15, 0.2) is 29.0 Å². The number of rotatable bonds is 2. The lowest BCUT2D eigenvalue weighted by atomic mass is 9.58. The summed E-state index contributed by atoms with van der Waals surface area (Å²) in [5.74, 6) is -6.98. The van der Waals surface area contributed by atoms with E-state index in [-0.39, 0.29) is 29.7 Å². The molecule has 10 nitrogen and oxygen atoms in total. The smallest absolute Gasteiger partial charge is 0.255 e. The fourth-order valence-corrected chi connectivity index (χ4v) is 4.88. The number of fused-ring (bicyclic) bond motifs is 3. The average molecular weight is 416 g/mol. The molecule has 1 aromatic carbocycles. The van der Waals surface area contributed by atoms with E-state index in [4.69, 9.17) is 16.2 Å². The van der Waals surface area contributed by atoms with Crippen molar-refractivity contribution < 1.29 is 39.5 Å². The number of hydrogen-bond donors (Lipinski definition) is 6. The van der Waals surface area contributed by atoms with Crippen LogP contribution in [0.5, 0.6) is 11.5 Å². The summed E-state index contributed by atoms with van der Waals surface area (Å²) in [7, 11) is 1.41. The van der Waals surface area contributed by atoms with Crippen molar-refractivity contribution in [3.8, 4) is 11.5 Å². The third kappa shape index (κ3) is 2.28. The molecule has 3 aliphatic rings. The fraction of sp³-hybridized carbons (Fsp3) is 0.350. The highest BCUT2D eigenvalue weighted by atomic mass is 16.5. The van der Waals surface area contributed by atoms with Crippen LogP contribution >= 0.6 is 0 Å². The van der Waals surface area contributed by atoms with Crippen molar-refractivity contribution in [2.75, 3.05) is 7.11 Å². The van der Waals surface area contributed by atoms with Gasteiger partial charge in [-0.05, 0) is 30.9 Å². The zero-order chi connectivity index (χ0) is 22.1. The molecule has 1 fully saturated rings. The molecule has 0 bridgehead atoms. The van der Waals surface area contributed by atoms with Crippen LogP contribution in [-0.2, 0) is 20.8 Å². The molecular formula is C20H20N2O8. The Morgan fingerprint density at radius 2 is 1.90 bits per heavy atom. The van der Waals surface area contributed by atoms with Crippen molar-refractivity contribution in [1.29, 1.82) is 0 Å². The Hall–Kier alpha value is -3.37. The minimum Gasteiger partial charge on any atom is -0.508 e. The van der Waals surface area contributed by atoms with Gasteiger partial charge in [0.25, 0.3) is 5.91 Å². The molecule has 1 amide bonds. The highest BCUT2D eigenvalue weighted by Gasteiger charge is 2.63. The van der Waals surface area contributed by atoms with E-state index in [0.717, 1.165) is 0 Å². The predicted octanol–water partition coefficient (Wildman–Crippen LogP) is -0.630. The minimum absolute atomic E-state index is 0.0224. The highest BCUT2D eigenvalue weighted by Crippen LogP contribution is 2.52. The van der Waals surface area contributed by atoms with Gasteiger partial charge in [0, 0.05) is 17.1 Å². The Bertz CT molecular complexity index is 1090. The third-order valence-electron chi connectivity index (χ3n) is 6.31. The topological polar surface area (TPSA) is 193 Å². The Morgan fingerprint density at radius 1 is 1.23 bits per heavy atom. The number of benzene rings is 1.